The average Bonchev–Trinajstić information content (AvgIpc) is 2.69. The van der Waals surface area contributed by atoms with Crippen molar-refractivity contribution in [3.8, 4) is 0 Å². The highest BCUT2D eigenvalue weighted by molar-refractivity contribution is 7.88. The molecule has 170 valence electrons. The van der Waals surface area contributed by atoms with E-state index in [1.54, 1.807) is 18.2 Å². The first kappa shape index (κ1) is 22.0. The maximum atomic E-state index is 13.1. The lowest BCUT2D eigenvalue weighted by Gasteiger charge is -2.57. The highest BCUT2D eigenvalue weighted by Gasteiger charge is 2.52. The van der Waals surface area contributed by atoms with Gasteiger partial charge in [-0.2, -0.15) is 0 Å². The predicted octanol–water partition coefficient (Wildman–Crippen LogP) is 4.62. The van der Waals surface area contributed by atoms with Crippen LogP contribution in [0.1, 0.15) is 56.9 Å². The number of hydrogen-bond donors (Lipinski definition) is 1. The number of amides is 1. The van der Waals surface area contributed by atoms with Crippen molar-refractivity contribution in [2.24, 2.45) is 23.7 Å². The molecule has 1 aromatic carbocycles. The summed E-state index contributed by atoms with van der Waals surface area (Å²) in [5.41, 5.74) is 0.638. The van der Waals surface area contributed by atoms with E-state index in [-0.39, 0.29) is 23.1 Å². The standard InChI is InChI=1S/C23H30Cl2N2O3S/c24-20-2-1-15(10-21(20)25)14-31(29,30)27-5-3-19(4-6-27)22(28)26-23-11-16-7-17(12-23)9-18(8-16)13-23/h1-2,10,16-19H,3-9,11-14H2,(H,26,28). The zero-order valence-electron chi connectivity index (χ0n) is 17.7. The molecular weight excluding hydrogens is 455 g/mol. The van der Waals surface area contributed by atoms with E-state index in [1.165, 1.54) is 23.6 Å². The number of halogens is 2. The zero-order chi connectivity index (χ0) is 21.8. The number of carbonyl (C=O) groups excluding carboxylic acids is 1. The van der Waals surface area contributed by atoms with Crippen LogP contribution in [0.15, 0.2) is 18.2 Å². The van der Waals surface area contributed by atoms with Gasteiger partial charge in [-0.05, 0) is 86.8 Å². The Bertz CT molecular complexity index is 938. The first-order valence-electron chi connectivity index (χ1n) is 11.5. The van der Waals surface area contributed by atoms with Gasteiger partial charge < -0.3 is 5.32 Å². The van der Waals surface area contributed by atoms with Gasteiger partial charge in [0.1, 0.15) is 0 Å². The summed E-state index contributed by atoms with van der Waals surface area (Å²) in [5.74, 6) is 2.32. The van der Waals surface area contributed by atoms with E-state index in [0.717, 1.165) is 37.0 Å². The molecule has 31 heavy (non-hydrogen) atoms. The lowest BCUT2D eigenvalue weighted by molar-refractivity contribution is -0.132. The first-order valence-corrected chi connectivity index (χ1v) is 13.8. The summed E-state index contributed by atoms with van der Waals surface area (Å²) in [6.45, 7) is 0.783. The van der Waals surface area contributed by atoms with E-state index in [2.05, 4.69) is 5.32 Å². The van der Waals surface area contributed by atoms with Crippen molar-refractivity contribution in [3.05, 3.63) is 33.8 Å². The van der Waals surface area contributed by atoms with Crippen LogP contribution in [0.25, 0.3) is 0 Å². The monoisotopic (exact) mass is 484 g/mol. The Hall–Kier alpha value is -0.820. The Labute approximate surface area is 194 Å². The van der Waals surface area contributed by atoms with Crippen LogP contribution >= 0.6 is 23.2 Å². The van der Waals surface area contributed by atoms with Gasteiger partial charge in [-0.3, -0.25) is 4.79 Å². The van der Waals surface area contributed by atoms with Gasteiger partial charge >= 0.3 is 0 Å². The number of carbonyl (C=O) groups is 1. The van der Waals surface area contributed by atoms with E-state index < -0.39 is 10.0 Å². The van der Waals surface area contributed by atoms with E-state index >= 15 is 0 Å². The third-order valence-corrected chi connectivity index (χ3v) is 10.6. The van der Waals surface area contributed by atoms with Crippen LogP contribution < -0.4 is 5.32 Å². The fourth-order valence-corrected chi connectivity index (χ4v) is 8.83. The van der Waals surface area contributed by atoms with E-state index in [0.29, 0.717) is 41.5 Å². The maximum Gasteiger partial charge on any atom is 0.223 e. The molecular formula is C23H30Cl2N2O3S. The minimum Gasteiger partial charge on any atom is -0.350 e. The quantitative estimate of drug-likeness (QED) is 0.662. The van der Waals surface area contributed by atoms with Gasteiger partial charge in [0, 0.05) is 24.5 Å². The van der Waals surface area contributed by atoms with Crippen molar-refractivity contribution < 1.29 is 13.2 Å². The molecule has 1 aromatic rings. The molecule has 0 spiro atoms. The number of rotatable bonds is 5. The largest absolute Gasteiger partial charge is 0.350 e. The second-order valence-electron chi connectivity index (χ2n) is 10.4. The molecule has 4 aliphatic carbocycles. The Morgan fingerprint density at radius 2 is 1.58 bits per heavy atom. The molecule has 1 amide bonds. The van der Waals surface area contributed by atoms with Crippen molar-refractivity contribution in [3.63, 3.8) is 0 Å². The van der Waals surface area contributed by atoms with Gasteiger partial charge in [0.05, 0.1) is 15.8 Å². The Morgan fingerprint density at radius 1 is 1.00 bits per heavy atom. The summed E-state index contributed by atoms with van der Waals surface area (Å²) in [6.07, 6.45) is 8.64. The van der Waals surface area contributed by atoms with Crippen LogP contribution in [0.5, 0.6) is 0 Å². The van der Waals surface area contributed by atoms with Crippen molar-refractivity contribution in [1.29, 1.82) is 0 Å². The van der Waals surface area contributed by atoms with Crippen molar-refractivity contribution in [1.82, 2.24) is 9.62 Å². The molecule has 1 N–H and O–H groups in total. The molecule has 5 fully saturated rings. The average molecular weight is 485 g/mol. The molecule has 0 atom stereocenters. The summed E-state index contributed by atoms with van der Waals surface area (Å²) >= 11 is 12.0. The Kier molecular flexibility index (Phi) is 5.81. The molecule has 0 aromatic heterocycles. The Morgan fingerprint density at radius 3 is 2.13 bits per heavy atom. The summed E-state index contributed by atoms with van der Waals surface area (Å²) in [5, 5.41) is 4.23. The highest BCUT2D eigenvalue weighted by Crippen LogP contribution is 2.55. The van der Waals surface area contributed by atoms with Crippen molar-refractivity contribution in [2.75, 3.05) is 13.1 Å². The minimum absolute atomic E-state index is 0.0168. The van der Waals surface area contributed by atoms with E-state index in [9.17, 15) is 13.2 Å². The van der Waals surface area contributed by atoms with E-state index in [1.807, 2.05) is 0 Å². The third kappa shape index (κ3) is 4.50. The molecule has 4 bridgehead atoms. The van der Waals surface area contributed by atoms with Gasteiger partial charge in [0.25, 0.3) is 0 Å². The summed E-state index contributed by atoms with van der Waals surface area (Å²) in [4.78, 5) is 13.1. The highest BCUT2D eigenvalue weighted by atomic mass is 35.5. The van der Waals surface area contributed by atoms with Gasteiger partial charge in [-0.25, -0.2) is 12.7 Å². The topological polar surface area (TPSA) is 66.5 Å². The minimum atomic E-state index is -3.46. The van der Waals surface area contributed by atoms with Crippen LogP contribution in [0.3, 0.4) is 0 Å². The Balaban J connectivity index is 1.17. The third-order valence-electron chi connectivity index (χ3n) is 7.98. The number of piperidine rings is 1. The molecule has 8 heteroatoms. The van der Waals surface area contributed by atoms with Crippen molar-refractivity contribution >= 4 is 39.1 Å². The van der Waals surface area contributed by atoms with Gasteiger partial charge in [-0.15, -0.1) is 0 Å². The van der Waals surface area contributed by atoms with Gasteiger partial charge in [0.15, 0.2) is 0 Å². The second kappa shape index (κ2) is 8.19. The number of nitrogens with zero attached hydrogens (tertiary/aromatic N) is 1. The summed E-state index contributed by atoms with van der Waals surface area (Å²) < 4.78 is 27.3. The number of sulfonamides is 1. The number of hydrogen-bond acceptors (Lipinski definition) is 3. The molecule has 5 nitrogen and oxygen atoms in total. The normalized spacial score (nSPS) is 33.5. The predicted molar refractivity (Wildman–Crippen MR) is 122 cm³/mol. The molecule has 6 rings (SSSR count). The van der Waals surface area contributed by atoms with Crippen LogP contribution in [0, 0.1) is 23.7 Å². The zero-order valence-corrected chi connectivity index (χ0v) is 20.0. The first-order chi connectivity index (χ1) is 14.7. The fraction of sp³-hybridized carbons (Fsp3) is 0.696. The lowest BCUT2D eigenvalue weighted by atomic mass is 9.53. The summed E-state index contributed by atoms with van der Waals surface area (Å²) in [7, 11) is -3.46. The van der Waals surface area contributed by atoms with Crippen LogP contribution in [0.4, 0.5) is 0 Å². The second-order valence-corrected chi connectivity index (χ2v) is 13.1. The fourth-order valence-electron chi connectivity index (χ4n) is 6.95. The van der Waals surface area contributed by atoms with Crippen LogP contribution in [0.2, 0.25) is 10.0 Å². The SMILES string of the molecule is O=C(NC12CC3CC(CC(C3)C1)C2)C1CCN(S(=O)(=O)Cc2ccc(Cl)c(Cl)c2)CC1. The van der Waals surface area contributed by atoms with E-state index in [4.69, 9.17) is 23.2 Å². The molecule has 1 saturated heterocycles. The van der Waals surface area contributed by atoms with Gasteiger partial charge in [-0.1, -0.05) is 29.3 Å². The number of nitrogens with one attached hydrogen (secondary N) is 1. The maximum absolute atomic E-state index is 13.1. The molecule has 0 radical (unpaired) electrons. The summed E-state index contributed by atoms with van der Waals surface area (Å²) in [6, 6.07) is 4.92. The number of benzene rings is 1. The molecule has 5 aliphatic rings. The van der Waals surface area contributed by atoms with Crippen LogP contribution in [-0.4, -0.2) is 37.3 Å². The van der Waals surface area contributed by atoms with Crippen molar-refractivity contribution in [2.45, 2.75) is 62.7 Å². The van der Waals surface area contributed by atoms with Gasteiger partial charge in [0.2, 0.25) is 15.9 Å². The molecule has 1 heterocycles. The molecule has 1 aliphatic heterocycles. The molecule has 0 unspecified atom stereocenters. The molecule has 4 saturated carbocycles. The van der Waals surface area contributed by atoms with Crippen LogP contribution in [-0.2, 0) is 20.6 Å². The smallest absolute Gasteiger partial charge is 0.223 e. The lowest BCUT2D eigenvalue weighted by Crippen LogP contribution is -2.61.